The van der Waals surface area contributed by atoms with Crippen LogP contribution in [0, 0.1) is 5.92 Å². The zero-order valence-electron chi connectivity index (χ0n) is 10.5. The molecule has 1 rings (SSSR count). The molecule has 18 heavy (non-hydrogen) atoms. The van der Waals surface area contributed by atoms with Gasteiger partial charge in [-0.2, -0.15) is 0 Å². The van der Waals surface area contributed by atoms with Gasteiger partial charge >= 0.3 is 12.0 Å². The maximum atomic E-state index is 11.8. The predicted molar refractivity (Wildman–Crippen MR) is 63.0 cm³/mol. The Morgan fingerprint density at radius 1 is 1.44 bits per heavy atom. The fourth-order valence-corrected chi connectivity index (χ4v) is 1.93. The summed E-state index contributed by atoms with van der Waals surface area (Å²) in [6.45, 7) is 3.89. The third-order valence-corrected chi connectivity index (χ3v) is 3.17. The van der Waals surface area contributed by atoms with Crippen molar-refractivity contribution >= 4 is 12.0 Å². The molecule has 0 radical (unpaired) electrons. The van der Waals surface area contributed by atoms with Crippen LogP contribution in [0.1, 0.15) is 20.3 Å². The van der Waals surface area contributed by atoms with Crippen molar-refractivity contribution in [2.45, 2.75) is 38.5 Å². The van der Waals surface area contributed by atoms with Gasteiger partial charge in [-0.15, -0.1) is 0 Å². The van der Waals surface area contributed by atoms with Crippen LogP contribution in [0.3, 0.4) is 0 Å². The standard InChI is InChI=1S/C11H20N2O5/c1-6-5-13(4-3-8(6)15)11(18)12-9(7(2)14)10(16)17/h6-9,14-15H,3-5H2,1-2H3,(H,12,18)(H,16,17). The van der Waals surface area contributed by atoms with E-state index >= 15 is 0 Å². The van der Waals surface area contributed by atoms with E-state index in [0.29, 0.717) is 19.5 Å². The number of likely N-dealkylation sites (tertiary alicyclic amines) is 1. The highest BCUT2D eigenvalue weighted by Gasteiger charge is 2.31. The van der Waals surface area contributed by atoms with Crippen molar-refractivity contribution in [3.05, 3.63) is 0 Å². The van der Waals surface area contributed by atoms with Crippen LogP contribution >= 0.6 is 0 Å². The zero-order valence-corrected chi connectivity index (χ0v) is 10.5. The fraction of sp³-hybridized carbons (Fsp3) is 0.818. The summed E-state index contributed by atoms with van der Waals surface area (Å²) < 4.78 is 0. The number of hydrogen-bond donors (Lipinski definition) is 4. The van der Waals surface area contributed by atoms with Crippen molar-refractivity contribution in [2.24, 2.45) is 5.92 Å². The highest BCUT2D eigenvalue weighted by Crippen LogP contribution is 2.16. The maximum Gasteiger partial charge on any atom is 0.328 e. The molecule has 0 bridgehead atoms. The van der Waals surface area contributed by atoms with Gasteiger partial charge in [-0.05, 0) is 19.3 Å². The lowest BCUT2D eigenvalue weighted by molar-refractivity contribution is -0.141. The Hall–Kier alpha value is -1.34. The Morgan fingerprint density at radius 3 is 2.50 bits per heavy atom. The molecule has 0 aromatic rings. The summed E-state index contributed by atoms with van der Waals surface area (Å²) in [6.07, 6.45) is -1.12. The van der Waals surface area contributed by atoms with Crippen LogP contribution in [0.5, 0.6) is 0 Å². The number of carbonyl (C=O) groups excluding carboxylic acids is 1. The quantitative estimate of drug-likeness (QED) is 0.533. The van der Waals surface area contributed by atoms with Gasteiger partial charge in [-0.3, -0.25) is 0 Å². The molecule has 7 heteroatoms. The van der Waals surface area contributed by atoms with Crippen LogP contribution in [0.15, 0.2) is 0 Å². The number of aliphatic carboxylic acids is 1. The summed E-state index contributed by atoms with van der Waals surface area (Å²) in [5.74, 6) is -1.32. The van der Waals surface area contributed by atoms with Crippen molar-refractivity contribution in [1.29, 1.82) is 0 Å². The number of piperidine rings is 1. The minimum Gasteiger partial charge on any atom is -0.480 e. The van der Waals surface area contributed by atoms with Gasteiger partial charge in [0.25, 0.3) is 0 Å². The smallest absolute Gasteiger partial charge is 0.328 e. The Labute approximate surface area is 105 Å². The Morgan fingerprint density at radius 2 is 2.06 bits per heavy atom. The minimum atomic E-state index is -1.32. The van der Waals surface area contributed by atoms with Crippen molar-refractivity contribution in [2.75, 3.05) is 13.1 Å². The lowest BCUT2D eigenvalue weighted by Crippen LogP contribution is -2.55. The number of nitrogens with zero attached hydrogens (tertiary/aromatic N) is 1. The Bertz CT molecular complexity index is 321. The molecular formula is C11H20N2O5. The van der Waals surface area contributed by atoms with Crippen LogP contribution in [-0.4, -0.2) is 63.6 Å². The molecular weight excluding hydrogens is 240 g/mol. The lowest BCUT2D eigenvalue weighted by Gasteiger charge is -2.35. The lowest BCUT2D eigenvalue weighted by atomic mass is 9.97. The predicted octanol–water partition coefficient (Wildman–Crippen LogP) is -0.767. The third-order valence-electron chi connectivity index (χ3n) is 3.17. The molecule has 1 aliphatic heterocycles. The van der Waals surface area contributed by atoms with Crippen LogP contribution in [0.2, 0.25) is 0 Å². The summed E-state index contributed by atoms with van der Waals surface area (Å²) in [6, 6.07) is -1.85. The van der Waals surface area contributed by atoms with E-state index in [4.69, 9.17) is 5.11 Å². The molecule has 0 saturated carbocycles. The number of amides is 2. The second-order valence-electron chi connectivity index (χ2n) is 4.79. The highest BCUT2D eigenvalue weighted by atomic mass is 16.4. The molecule has 1 aliphatic rings. The van der Waals surface area contributed by atoms with Gasteiger partial charge < -0.3 is 25.5 Å². The van der Waals surface area contributed by atoms with Gasteiger partial charge in [0.1, 0.15) is 0 Å². The average Bonchev–Trinajstić information content (AvgIpc) is 2.28. The van der Waals surface area contributed by atoms with E-state index < -0.39 is 30.3 Å². The molecule has 0 aromatic heterocycles. The molecule has 7 nitrogen and oxygen atoms in total. The second kappa shape index (κ2) is 6.01. The number of carboxylic acids is 1. The second-order valence-corrected chi connectivity index (χ2v) is 4.79. The summed E-state index contributed by atoms with van der Waals surface area (Å²) in [4.78, 5) is 24.1. The fourth-order valence-electron chi connectivity index (χ4n) is 1.93. The molecule has 0 spiro atoms. The van der Waals surface area contributed by atoms with Crippen molar-refractivity contribution in [1.82, 2.24) is 10.2 Å². The van der Waals surface area contributed by atoms with Crippen molar-refractivity contribution < 1.29 is 24.9 Å². The molecule has 0 aromatic carbocycles. The first kappa shape index (κ1) is 14.7. The van der Waals surface area contributed by atoms with Crippen LogP contribution < -0.4 is 5.32 Å². The highest BCUT2D eigenvalue weighted by molar-refractivity contribution is 5.83. The number of aliphatic hydroxyl groups is 2. The monoisotopic (exact) mass is 260 g/mol. The molecule has 1 saturated heterocycles. The number of rotatable bonds is 3. The normalized spacial score (nSPS) is 27.4. The number of nitrogens with one attached hydrogen (secondary N) is 1. The first-order chi connectivity index (χ1) is 8.32. The van der Waals surface area contributed by atoms with Gasteiger partial charge in [-0.25, -0.2) is 9.59 Å². The van der Waals surface area contributed by atoms with E-state index in [9.17, 15) is 19.8 Å². The first-order valence-electron chi connectivity index (χ1n) is 5.97. The summed E-state index contributed by atoms with van der Waals surface area (Å²) >= 11 is 0. The topological polar surface area (TPSA) is 110 Å². The SMILES string of the molecule is CC(O)C(NC(=O)N1CCC(O)C(C)C1)C(=O)O. The van der Waals surface area contributed by atoms with E-state index in [1.165, 1.54) is 11.8 Å². The van der Waals surface area contributed by atoms with Crippen LogP contribution in [0.4, 0.5) is 4.79 Å². The largest absolute Gasteiger partial charge is 0.480 e. The van der Waals surface area contributed by atoms with Gasteiger partial charge in [0.15, 0.2) is 6.04 Å². The van der Waals surface area contributed by atoms with Gasteiger partial charge in [0.05, 0.1) is 12.2 Å². The average molecular weight is 260 g/mol. The van der Waals surface area contributed by atoms with Crippen LogP contribution in [0.25, 0.3) is 0 Å². The maximum absolute atomic E-state index is 11.8. The van der Waals surface area contributed by atoms with E-state index in [1.54, 1.807) is 0 Å². The van der Waals surface area contributed by atoms with E-state index in [1.807, 2.05) is 6.92 Å². The van der Waals surface area contributed by atoms with Gasteiger partial charge in [0, 0.05) is 13.1 Å². The third kappa shape index (κ3) is 3.58. The molecule has 104 valence electrons. The Kier molecular flexibility index (Phi) is 4.92. The number of urea groups is 1. The zero-order chi connectivity index (χ0) is 13.9. The van der Waals surface area contributed by atoms with Gasteiger partial charge in [0.2, 0.25) is 0 Å². The van der Waals surface area contributed by atoms with Crippen molar-refractivity contribution in [3.63, 3.8) is 0 Å². The number of aliphatic hydroxyl groups excluding tert-OH is 2. The minimum absolute atomic E-state index is 0.0423. The molecule has 0 aliphatic carbocycles. The summed E-state index contributed by atoms with van der Waals surface area (Å²) in [5.41, 5.74) is 0. The molecule has 1 heterocycles. The number of carbonyl (C=O) groups is 2. The molecule has 4 N–H and O–H groups in total. The number of hydrogen-bond acceptors (Lipinski definition) is 4. The molecule has 2 amide bonds. The van der Waals surface area contributed by atoms with Crippen molar-refractivity contribution in [3.8, 4) is 0 Å². The van der Waals surface area contributed by atoms with Crippen LogP contribution in [-0.2, 0) is 4.79 Å². The molecule has 4 atom stereocenters. The molecule has 1 fully saturated rings. The molecule has 4 unspecified atom stereocenters. The summed E-state index contributed by atoms with van der Waals surface area (Å²) in [5, 5.41) is 29.9. The Balaban J connectivity index is 2.57. The number of carboxylic acid groups (broad SMARTS) is 1. The first-order valence-corrected chi connectivity index (χ1v) is 5.97. The van der Waals surface area contributed by atoms with Gasteiger partial charge in [-0.1, -0.05) is 6.92 Å². The van der Waals surface area contributed by atoms with E-state index in [-0.39, 0.29) is 5.92 Å². The summed E-state index contributed by atoms with van der Waals surface area (Å²) in [7, 11) is 0. The van der Waals surface area contributed by atoms with E-state index in [2.05, 4.69) is 5.32 Å². The van der Waals surface area contributed by atoms with E-state index in [0.717, 1.165) is 0 Å².